The van der Waals surface area contributed by atoms with Gasteiger partial charge in [-0.05, 0) is 13.8 Å². The third-order valence-electron chi connectivity index (χ3n) is 2.36. The minimum absolute atomic E-state index is 0.119. The maximum atomic E-state index is 11.6. The minimum atomic E-state index is -0.624. The predicted octanol–water partition coefficient (Wildman–Crippen LogP) is -0.899. The molecule has 2 aromatic rings. The summed E-state index contributed by atoms with van der Waals surface area (Å²) in [5.74, 6) is 5.38. The van der Waals surface area contributed by atoms with Gasteiger partial charge >= 0.3 is 5.97 Å². The van der Waals surface area contributed by atoms with E-state index in [1.807, 2.05) is 0 Å². The number of rotatable bonds is 6. The molecule has 21 heavy (non-hydrogen) atoms. The van der Waals surface area contributed by atoms with Gasteiger partial charge in [-0.15, -0.1) is 0 Å². The van der Waals surface area contributed by atoms with E-state index in [4.69, 9.17) is 10.6 Å². The summed E-state index contributed by atoms with van der Waals surface area (Å²) in [5, 5.41) is 6.72. The molecule has 0 aliphatic rings. The van der Waals surface area contributed by atoms with Crippen molar-refractivity contribution < 1.29 is 9.53 Å². The first-order chi connectivity index (χ1) is 10.1. The normalized spacial score (nSPS) is 11.8. The van der Waals surface area contributed by atoms with Crippen molar-refractivity contribution in [1.29, 1.82) is 0 Å². The van der Waals surface area contributed by atoms with Crippen LogP contribution in [0.1, 0.15) is 13.8 Å². The Labute approximate surface area is 119 Å². The Morgan fingerprint density at radius 3 is 2.81 bits per heavy atom. The van der Waals surface area contributed by atoms with Crippen LogP contribution in [0, 0.1) is 0 Å². The van der Waals surface area contributed by atoms with Gasteiger partial charge in [0, 0.05) is 0 Å². The van der Waals surface area contributed by atoms with Gasteiger partial charge in [0.25, 0.3) is 5.95 Å². The van der Waals surface area contributed by atoms with Crippen LogP contribution >= 0.6 is 0 Å². The zero-order valence-electron chi connectivity index (χ0n) is 11.5. The molecule has 11 nitrogen and oxygen atoms in total. The average Bonchev–Trinajstić information content (AvgIpc) is 3.01. The van der Waals surface area contributed by atoms with E-state index in [9.17, 15) is 4.79 Å². The van der Waals surface area contributed by atoms with Crippen molar-refractivity contribution >= 4 is 17.9 Å². The number of carbonyl (C=O) groups is 1. The summed E-state index contributed by atoms with van der Waals surface area (Å²) in [6.07, 6.45) is 2.77. The van der Waals surface area contributed by atoms with Crippen LogP contribution in [-0.2, 0) is 9.53 Å². The highest BCUT2D eigenvalue weighted by Gasteiger charge is 2.16. The molecule has 1 atom stereocenters. The van der Waals surface area contributed by atoms with Gasteiger partial charge < -0.3 is 10.1 Å². The monoisotopic (exact) mass is 293 g/mol. The maximum absolute atomic E-state index is 11.6. The molecule has 4 N–H and O–H groups in total. The number of esters is 1. The highest BCUT2D eigenvalue weighted by atomic mass is 16.5. The molecule has 1 unspecified atom stereocenters. The first-order valence-corrected chi connectivity index (χ1v) is 6.15. The molecule has 11 heteroatoms. The van der Waals surface area contributed by atoms with Crippen LogP contribution < -0.4 is 16.6 Å². The Morgan fingerprint density at radius 2 is 2.19 bits per heavy atom. The van der Waals surface area contributed by atoms with Crippen LogP contribution in [0.25, 0.3) is 5.95 Å². The Hall–Kier alpha value is -2.82. The van der Waals surface area contributed by atoms with Crippen LogP contribution in [-0.4, -0.2) is 48.3 Å². The Morgan fingerprint density at radius 1 is 1.43 bits per heavy atom. The Balaban J connectivity index is 2.23. The van der Waals surface area contributed by atoms with Crippen molar-refractivity contribution in [3.8, 4) is 5.95 Å². The first-order valence-electron chi connectivity index (χ1n) is 6.15. The summed E-state index contributed by atoms with van der Waals surface area (Å²) in [7, 11) is 0. The highest BCUT2D eigenvalue weighted by molar-refractivity contribution is 5.78. The number of hydrogen-bond acceptors (Lipinski definition) is 10. The van der Waals surface area contributed by atoms with Gasteiger partial charge in [-0.25, -0.2) is 15.6 Å². The van der Waals surface area contributed by atoms with Gasteiger partial charge in [-0.1, -0.05) is 0 Å². The second kappa shape index (κ2) is 6.56. The molecule has 0 saturated heterocycles. The molecule has 2 aromatic heterocycles. The Kier molecular flexibility index (Phi) is 4.56. The van der Waals surface area contributed by atoms with Crippen molar-refractivity contribution in [3.05, 3.63) is 12.7 Å². The molecule has 0 aliphatic heterocycles. The smallest absolute Gasteiger partial charge is 0.328 e. The van der Waals surface area contributed by atoms with E-state index in [2.05, 4.69) is 35.8 Å². The minimum Gasteiger partial charge on any atom is -0.464 e. The molecule has 0 radical (unpaired) electrons. The van der Waals surface area contributed by atoms with Gasteiger partial charge in [0.05, 0.1) is 6.61 Å². The number of nitrogens with one attached hydrogen (secondary N) is 2. The van der Waals surface area contributed by atoms with E-state index in [0.717, 1.165) is 0 Å². The van der Waals surface area contributed by atoms with E-state index in [1.54, 1.807) is 13.8 Å². The van der Waals surface area contributed by atoms with E-state index in [-0.39, 0.29) is 17.8 Å². The lowest BCUT2D eigenvalue weighted by atomic mass is 10.3. The molecule has 0 saturated carbocycles. The zero-order chi connectivity index (χ0) is 15.2. The SMILES string of the molecule is CCOC(=O)C(C)Nc1nc(NN)nc(-n2cncn2)n1. The summed E-state index contributed by atoms with van der Waals surface area (Å²) >= 11 is 0. The fourth-order valence-corrected chi connectivity index (χ4v) is 1.43. The summed E-state index contributed by atoms with van der Waals surface area (Å²) in [6.45, 7) is 3.65. The molecule has 0 aliphatic carbocycles. The van der Waals surface area contributed by atoms with Crippen LogP contribution in [0.3, 0.4) is 0 Å². The number of hydrogen-bond donors (Lipinski definition) is 3. The van der Waals surface area contributed by atoms with Gasteiger partial charge in [-0.3, -0.25) is 5.43 Å². The van der Waals surface area contributed by atoms with Crippen LogP contribution in [0.5, 0.6) is 0 Å². The van der Waals surface area contributed by atoms with E-state index < -0.39 is 12.0 Å². The van der Waals surface area contributed by atoms with Gasteiger partial charge in [0.2, 0.25) is 11.9 Å². The second-order valence-corrected chi connectivity index (χ2v) is 3.89. The maximum Gasteiger partial charge on any atom is 0.328 e. The van der Waals surface area contributed by atoms with Crippen LogP contribution in [0.4, 0.5) is 11.9 Å². The van der Waals surface area contributed by atoms with Crippen LogP contribution in [0.15, 0.2) is 12.7 Å². The third kappa shape index (κ3) is 3.60. The lowest BCUT2D eigenvalue weighted by Crippen LogP contribution is -2.29. The largest absolute Gasteiger partial charge is 0.464 e. The molecule has 0 bridgehead atoms. The molecular formula is C10H15N9O2. The number of carbonyl (C=O) groups excluding carboxylic acids is 1. The summed E-state index contributed by atoms with van der Waals surface area (Å²) < 4.78 is 6.23. The number of aromatic nitrogens is 6. The van der Waals surface area contributed by atoms with Crippen molar-refractivity contribution in [2.75, 3.05) is 17.3 Å². The van der Waals surface area contributed by atoms with Crippen molar-refractivity contribution in [2.45, 2.75) is 19.9 Å². The van der Waals surface area contributed by atoms with E-state index in [1.165, 1.54) is 17.3 Å². The van der Waals surface area contributed by atoms with Crippen molar-refractivity contribution in [1.82, 2.24) is 29.7 Å². The number of nitrogens with zero attached hydrogens (tertiary/aromatic N) is 6. The molecule has 2 rings (SSSR count). The first kappa shape index (κ1) is 14.6. The number of nitrogens with two attached hydrogens (primary N) is 1. The van der Waals surface area contributed by atoms with E-state index in [0.29, 0.717) is 6.61 Å². The molecule has 2 heterocycles. The van der Waals surface area contributed by atoms with Crippen molar-refractivity contribution in [2.24, 2.45) is 5.84 Å². The van der Waals surface area contributed by atoms with Gasteiger partial charge in [-0.2, -0.15) is 24.7 Å². The number of hydrazine groups is 1. The number of nitrogen functional groups attached to an aromatic ring is 1. The Bertz CT molecular complexity index is 601. The second-order valence-electron chi connectivity index (χ2n) is 3.89. The predicted molar refractivity (Wildman–Crippen MR) is 72.3 cm³/mol. The summed E-state index contributed by atoms with van der Waals surface area (Å²) in [6, 6.07) is -0.624. The number of ether oxygens (including phenoxy) is 1. The molecule has 0 amide bonds. The standard InChI is InChI=1S/C10H15N9O2/c1-3-21-7(20)6(2)14-8-15-9(18-11)17-10(16-8)19-5-12-4-13-19/h4-6H,3,11H2,1-2H3,(H2,14,15,16,17,18). The van der Waals surface area contributed by atoms with Crippen LogP contribution in [0.2, 0.25) is 0 Å². The highest BCUT2D eigenvalue weighted by Crippen LogP contribution is 2.09. The molecule has 0 fully saturated rings. The quantitative estimate of drug-likeness (QED) is 0.348. The lowest BCUT2D eigenvalue weighted by Gasteiger charge is -2.13. The topological polar surface area (TPSA) is 146 Å². The molecule has 112 valence electrons. The van der Waals surface area contributed by atoms with Crippen molar-refractivity contribution in [3.63, 3.8) is 0 Å². The fourth-order valence-electron chi connectivity index (χ4n) is 1.43. The van der Waals surface area contributed by atoms with Gasteiger partial charge in [0.1, 0.15) is 18.7 Å². The summed E-state index contributed by atoms with van der Waals surface area (Å²) in [4.78, 5) is 27.6. The molecular weight excluding hydrogens is 278 g/mol. The average molecular weight is 293 g/mol. The summed E-state index contributed by atoms with van der Waals surface area (Å²) in [5.41, 5.74) is 2.32. The van der Waals surface area contributed by atoms with E-state index >= 15 is 0 Å². The molecule has 0 aromatic carbocycles. The zero-order valence-corrected chi connectivity index (χ0v) is 11.5. The number of anilines is 2. The molecule has 0 spiro atoms. The van der Waals surface area contributed by atoms with Gasteiger partial charge in [0.15, 0.2) is 0 Å². The third-order valence-corrected chi connectivity index (χ3v) is 2.36. The fraction of sp³-hybridized carbons (Fsp3) is 0.400. The lowest BCUT2D eigenvalue weighted by molar-refractivity contribution is -0.143.